The summed E-state index contributed by atoms with van der Waals surface area (Å²) in [5.74, 6) is -2.51. The molecule has 108 valence electrons. The lowest BCUT2D eigenvalue weighted by molar-refractivity contribution is -0.384. The summed E-state index contributed by atoms with van der Waals surface area (Å²) in [4.78, 5) is 21.1. The number of hydrogen-bond donors (Lipinski definition) is 1. The molecule has 0 unspecified atom stereocenters. The number of benzene rings is 2. The van der Waals surface area contributed by atoms with Crippen molar-refractivity contribution in [3.8, 4) is 5.75 Å². The number of carboxylic acid groups (broad SMARTS) is 1. The Morgan fingerprint density at radius 1 is 1.29 bits per heavy atom. The summed E-state index contributed by atoms with van der Waals surface area (Å²) in [6.07, 6.45) is 0. The largest absolute Gasteiger partial charge is 0.485 e. The van der Waals surface area contributed by atoms with E-state index in [4.69, 9.17) is 9.84 Å². The van der Waals surface area contributed by atoms with Crippen LogP contribution in [0.3, 0.4) is 0 Å². The standard InChI is InChI=1S/C14H10FNO5/c15-12-6-2-5-11(14(17)18)13(12)21-8-9-3-1-4-10(7-9)16(19)20/h1-7H,8H2,(H,17,18). The number of halogens is 1. The van der Waals surface area contributed by atoms with E-state index >= 15 is 0 Å². The molecule has 0 saturated carbocycles. The molecule has 0 amide bonds. The van der Waals surface area contributed by atoms with Crippen molar-refractivity contribution in [1.82, 2.24) is 0 Å². The first-order chi connectivity index (χ1) is 9.99. The van der Waals surface area contributed by atoms with Gasteiger partial charge in [-0.05, 0) is 17.7 Å². The van der Waals surface area contributed by atoms with Gasteiger partial charge in [0.1, 0.15) is 12.2 Å². The van der Waals surface area contributed by atoms with Gasteiger partial charge in [0.15, 0.2) is 11.6 Å². The normalized spacial score (nSPS) is 10.1. The van der Waals surface area contributed by atoms with Gasteiger partial charge in [-0.3, -0.25) is 10.1 Å². The first-order valence-electron chi connectivity index (χ1n) is 5.87. The van der Waals surface area contributed by atoms with Crippen molar-refractivity contribution in [2.45, 2.75) is 6.61 Å². The third-order valence-electron chi connectivity index (χ3n) is 2.70. The third-order valence-corrected chi connectivity index (χ3v) is 2.70. The van der Waals surface area contributed by atoms with Crippen molar-refractivity contribution in [2.24, 2.45) is 0 Å². The third kappa shape index (κ3) is 3.33. The number of non-ortho nitro benzene ring substituents is 1. The number of carbonyl (C=O) groups is 1. The summed E-state index contributed by atoms with van der Waals surface area (Å²) in [7, 11) is 0. The highest BCUT2D eigenvalue weighted by Crippen LogP contribution is 2.24. The summed E-state index contributed by atoms with van der Waals surface area (Å²) in [6, 6.07) is 9.18. The van der Waals surface area contributed by atoms with Gasteiger partial charge in [0.2, 0.25) is 0 Å². The fraction of sp³-hybridized carbons (Fsp3) is 0.0714. The Bertz CT molecular complexity index is 702. The van der Waals surface area contributed by atoms with Gasteiger partial charge in [0.25, 0.3) is 5.69 Å². The molecular weight excluding hydrogens is 281 g/mol. The van der Waals surface area contributed by atoms with Crippen molar-refractivity contribution in [3.05, 3.63) is 69.5 Å². The van der Waals surface area contributed by atoms with Crippen LogP contribution < -0.4 is 4.74 Å². The van der Waals surface area contributed by atoms with Gasteiger partial charge < -0.3 is 9.84 Å². The molecule has 2 aromatic carbocycles. The molecule has 1 N–H and O–H groups in total. The molecule has 0 saturated heterocycles. The van der Waals surface area contributed by atoms with E-state index in [-0.39, 0.29) is 17.9 Å². The zero-order chi connectivity index (χ0) is 15.4. The molecule has 2 rings (SSSR count). The number of nitro groups is 1. The smallest absolute Gasteiger partial charge is 0.339 e. The molecule has 6 nitrogen and oxygen atoms in total. The van der Waals surface area contributed by atoms with E-state index < -0.39 is 22.5 Å². The Morgan fingerprint density at radius 2 is 2.00 bits per heavy atom. The molecule has 0 aromatic heterocycles. The van der Waals surface area contributed by atoms with Crippen molar-refractivity contribution in [2.75, 3.05) is 0 Å². The van der Waals surface area contributed by atoms with Gasteiger partial charge in [0.05, 0.1) is 4.92 Å². The first kappa shape index (κ1) is 14.4. The van der Waals surface area contributed by atoms with Gasteiger partial charge in [-0.25, -0.2) is 9.18 Å². The van der Waals surface area contributed by atoms with Crippen LogP contribution in [-0.4, -0.2) is 16.0 Å². The summed E-state index contributed by atoms with van der Waals surface area (Å²) in [6.45, 7) is -0.178. The Balaban J connectivity index is 2.22. The Kier molecular flexibility index (Phi) is 4.13. The molecule has 0 heterocycles. The minimum Gasteiger partial charge on any atom is -0.485 e. The molecule has 0 aliphatic heterocycles. The summed E-state index contributed by atoms with van der Waals surface area (Å²) in [5, 5.41) is 19.6. The van der Waals surface area contributed by atoms with Crippen molar-refractivity contribution >= 4 is 11.7 Å². The highest BCUT2D eigenvalue weighted by molar-refractivity contribution is 5.90. The predicted octanol–water partition coefficient (Wildman–Crippen LogP) is 3.01. The van der Waals surface area contributed by atoms with Gasteiger partial charge in [-0.2, -0.15) is 0 Å². The maximum absolute atomic E-state index is 13.6. The molecular formula is C14H10FNO5. The number of para-hydroxylation sites is 1. The topological polar surface area (TPSA) is 89.7 Å². The number of aromatic carboxylic acids is 1. The van der Waals surface area contributed by atoms with Crippen LogP contribution >= 0.6 is 0 Å². The van der Waals surface area contributed by atoms with E-state index in [0.717, 1.165) is 6.07 Å². The van der Waals surface area contributed by atoms with Crippen molar-refractivity contribution < 1.29 is 24.0 Å². The fourth-order valence-corrected chi connectivity index (χ4v) is 1.74. The average molecular weight is 291 g/mol. The molecule has 2 aromatic rings. The Hall–Kier alpha value is -2.96. The molecule has 0 atom stereocenters. The molecule has 0 bridgehead atoms. The van der Waals surface area contributed by atoms with Gasteiger partial charge in [-0.15, -0.1) is 0 Å². The SMILES string of the molecule is O=C(O)c1cccc(F)c1OCc1cccc([N+](=O)[O-])c1. The quantitative estimate of drug-likeness (QED) is 0.675. The van der Waals surface area contributed by atoms with Gasteiger partial charge >= 0.3 is 5.97 Å². The second-order valence-electron chi connectivity index (χ2n) is 4.14. The van der Waals surface area contributed by atoms with E-state index in [2.05, 4.69) is 0 Å². The lowest BCUT2D eigenvalue weighted by Gasteiger charge is -2.10. The minimum absolute atomic E-state index is 0.122. The van der Waals surface area contributed by atoms with Crippen LogP contribution in [0.2, 0.25) is 0 Å². The van der Waals surface area contributed by atoms with Crippen molar-refractivity contribution in [3.63, 3.8) is 0 Å². The van der Waals surface area contributed by atoms with Crippen LogP contribution in [0.15, 0.2) is 42.5 Å². The molecule has 0 aliphatic rings. The Morgan fingerprint density at radius 3 is 2.67 bits per heavy atom. The number of hydrogen-bond acceptors (Lipinski definition) is 4. The highest BCUT2D eigenvalue weighted by Gasteiger charge is 2.16. The fourth-order valence-electron chi connectivity index (χ4n) is 1.74. The molecule has 0 aliphatic carbocycles. The van der Waals surface area contributed by atoms with E-state index in [9.17, 15) is 19.3 Å². The maximum atomic E-state index is 13.6. The highest BCUT2D eigenvalue weighted by atomic mass is 19.1. The second kappa shape index (κ2) is 6.00. The van der Waals surface area contributed by atoms with Crippen LogP contribution in [0.5, 0.6) is 5.75 Å². The lowest BCUT2D eigenvalue weighted by atomic mass is 10.2. The van der Waals surface area contributed by atoms with E-state index in [1.54, 1.807) is 6.07 Å². The number of ether oxygens (including phenoxy) is 1. The summed E-state index contributed by atoms with van der Waals surface area (Å²) < 4.78 is 18.8. The molecule has 0 spiro atoms. The van der Waals surface area contributed by atoms with Gasteiger partial charge in [0, 0.05) is 12.1 Å². The molecule has 7 heteroatoms. The van der Waals surface area contributed by atoms with Crippen molar-refractivity contribution in [1.29, 1.82) is 0 Å². The van der Waals surface area contributed by atoms with Gasteiger partial charge in [-0.1, -0.05) is 18.2 Å². The van der Waals surface area contributed by atoms with Crippen LogP contribution in [0, 0.1) is 15.9 Å². The first-order valence-corrected chi connectivity index (χ1v) is 5.87. The summed E-state index contributed by atoms with van der Waals surface area (Å²) in [5.41, 5.74) is 0.00677. The zero-order valence-corrected chi connectivity index (χ0v) is 10.7. The summed E-state index contributed by atoms with van der Waals surface area (Å²) >= 11 is 0. The van der Waals surface area contributed by atoms with Crippen LogP contribution in [0.4, 0.5) is 10.1 Å². The lowest BCUT2D eigenvalue weighted by Crippen LogP contribution is -2.05. The van der Waals surface area contributed by atoms with E-state index in [0.29, 0.717) is 5.56 Å². The monoisotopic (exact) mass is 291 g/mol. The number of rotatable bonds is 5. The van der Waals surface area contributed by atoms with Crippen LogP contribution in [-0.2, 0) is 6.61 Å². The molecule has 21 heavy (non-hydrogen) atoms. The Labute approximate surface area is 118 Å². The number of nitrogens with zero attached hydrogens (tertiary/aromatic N) is 1. The molecule has 0 radical (unpaired) electrons. The van der Waals surface area contributed by atoms with Crippen LogP contribution in [0.25, 0.3) is 0 Å². The average Bonchev–Trinajstić information content (AvgIpc) is 2.46. The molecule has 0 fully saturated rings. The van der Waals surface area contributed by atoms with Crippen LogP contribution in [0.1, 0.15) is 15.9 Å². The van der Waals surface area contributed by atoms with E-state index in [1.807, 2.05) is 0 Å². The zero-order valence-electron chi connectivity index (χ0n) is 10.7. The van der Waals surface area contributed by atoms with E-state index in [1.165, 1.54) is 30.3 Å². The maximum Gasteiger partial charge on any atom is 0.339 e. The second-order valence-corrected chi connectivity index (χ2v) is 4.14. The number of nitro benzene ring substituents is 1. The minimum atomic E-state index is -1.32. The number of carboxylic acids is 1. The predicted molar refractivity (Wildman–Crippen MR) is 70.8 cm³/mol.